The maximum Gasteiger partial charge on any atom is 0.0662 e. The lowest BCUT2D eigenvalue weighted by molar-refractivity contribution is 0.0769. The fourth-order valence-electron chi connectivity index (χ4n) is 2.20. The Morgan fingerprint density at radius 1 is 1.06 bits per heavy atom. The van der Waals surface area contributed by atoms with Crippen LogP contribution in [-0.2, 0) is 4.74 Å². The third-order valence-electron chi connectivity index (χ3n) is 3.10. The van der Waals surface area contributed by atoms with E-state index in [0.29, 0.717) is 6.04 Å². The molecule has 0 aliphatic carbocycles. The molecule has 1 saturated heterocycles. The predicted molar refractivity (Wildman–Crippen MR) is 65.5 cm³/mol. The molecule has 82 valence electrons. The van der Waals surface area contributed by atoms with Crippen molar-refractivity contribution in [2.75, 3.05) is 19.8 Å². The van der Waals surface area contributed by atoms with Gasteiger partial charge in [0.1, 0.15) is 0 Å². The number of morpholine rings is 1. The second kappa shape index (κ2) is 4.24. The normalized spacial score (nSPS) is 21.1. The van der Waals surface area contributed by atoms with Gasteiger partial charge in [0.05, 0.1) is 19.3 Å². The molecule has 1 atom stereocenters. The van der Waals surface area contributed by atoms with Crippen molar-refractivity contribution in [2.45, 2.75) is 6.04 Å². The number of ether oxygens (including phenoxy) is 1. The second-order valence-corrected chi connectivity index (χ2v) is 4.19. The molecule has 0 amide bonds. The van der Waals surface area contributed by atoms with E-state index in [-0.39, 0.29) is 0 Å². The number of rotatable bonds is 1. The van der Waals surface area contributed by atoms with Gasteiger partial charge in [-0.1, -0.05) is 36.4 Å². The summed E-state index contributed by atoms with van der Waals surface area (Å²) < 4.78 is 5.49. The molecule has 1 aliphatic rings. The Morgan fingerprint density at radius 2 is 1.94 bits per heavy atom. The Balaban J connectivity index is 1.97. The molecule has 2 aromatic rings. The minimum Gasteiger partial charge on any atom is -0.378 e. The average molecular weight is 213 g/mol. The molecule has 1 aliphatic heterocycles. The van der Waals surface area contributed by atoms with Crippen molar-refractivity contribution >= 4 is 10.8 Å². The molecule has 0 bridgehead atoms. The minimum absolute atomic E-state index is 0.346. The summed E-state index contributed by atoms with van der Waals surface area (Å²) in [6, 6.07) is 15.4. The standard InChI is InChI=1S/C14H15NO/c1-2-4-12-9-13(6-5-11(12)3-1)14-10-16-8-7-15-14/h1-6,9,14-15H,7-8,10H2/t14-/m0/s1. The molecular weight excluding hydrogens is 198 g/mol. The molecule has 16 heavy (non-hydrogen) atoms. The Kier molecular flexibility index (Phi) is 2.60. The fraction of sp³-hybridized carbons (Fsp3) is 0.286. The van der Waals surface area contributed by atoms with Gasteiger partial charge in [-0.25, -0.2) is 0 Å². The fourth-order valence-corrected chi connectivity index (χ4v) is 2.20. The van der Waals surface area contributed by atoms with Gasteiger partial charge in [0, 0.05) is 6.54 Å². The van der Waals surface area contributed by atoms with Crippen LogP contribution in [0.1, 0.15) is 11.6 Å². The quantitative estimate of drug-likeness (QED) is 0.786. The van der Waals surface area contributed by atoms with Crippen molar-refractivity contribution in [3.05, 3.63) is 48.0 Å². The SMILES string of the molecule is c1ccc2cc([C@@H]3COCCN3)ccc2c1. The topological polar surface area (TPSA) is 21.3 Å². The summed E-state index contributed by atoms with van der Waals surface area (Å²) in [5, 5.41) is 6.07. The number of hydrogen-bond donors (Lipinski definition) is 1. The molecule has 0 aromatic heterocycles. The smallest absolute Gasteiger partial charge is 0.0662 e. The van der Waals surface area contributed by atoms with Gasteiger partial charge in [0.25, 0.3) is 0 Å². The maximum atomic E-state index is 5.49. The molecule has 3 rings (SSSR count). The molecule has 2 nitrogen and oxygen atoms in total. The molecular formula is C14H15NO. The van der Waals surface area contributed by atoms with Gasteiger partial charge in [0.15, 0.2) is 0 Å². The molecule has 2 aromatic carbocycles. The number of fused-ring (bicyclic) bond motifs is 1. The Labute approximate surface area is 95.2 Å². The van der Waals surface area contributed by atoms with E-state index in [9.17, 15) is 0 Å². The zero-order valence-electron chi connectivity index (χ0n) is 9.15. The highest BCUT2D eigenvalue weighted by molar-refractivity contribution is 5.83. The van der Waals surface area contributed by atoms with Gasteiger partial charge in [-0.15, -0.1) is 0 Å². The lowest BCUT2D eigenvalue weighted by atomic mass is 10.0. The largest absolute Gasteiger partial charge is 0.378 e. The molecule has 2 heteroatoms. The second-order valence-electron chi connectivity index (χ2n) is 4.19. The highest BCUT2D eigenvalue weighted by atomic mass is 16.5. The third kappa shape index (κ3) is 1.82. The third-order valence-corrected chi connectivity index (χ3v) is 3.10. The van der Waals surface area contributed by atoms with Crippen LogP contribution in [0, 0.1) is 0 Å². The van der Waals surface area contributed by atoms with Crippen LogP contribution < -0.4 is 5.32 Å². The highest BCUT2D eigenvalue weighted by Gasteiger charge is 2.14. The number of hydrogen-bond acceptors (Lipinski definition) is 2. The van der Waals surface area contributed by atoms with E-state index >= 15 is 0 Å². The first-order chi connectivity index (χ1) is 7.93. The zero-order valence-corrected chi connectivity index (χ0v) is 9.15. The van der Waals surface area contributed by atoms with Crippen molar-refractivity contribution in [1.82, 2.24) is 5.32 Å². The monoisotopic (exact) mass is 213 g/mol. The van der Waals surface area contributed by atoms with Gasteiger partial charge in [-0.05, 0) is 22.4 Å². The van der Waals surface area contributed by atoms with Crippen molar-refractivity contribution in [2.24, 2.45) is 0 Å². The van der Waals surface area contributed by atoms with Crippen LogP contribution in [-0.4, -0.2) is 19.8 Å². The number of benzene rings is 2. The first-order valence-corrected chi connectivity index (χ1v) is 5.73. The molecule has 0 unspecified atom stereocenters. The first kappa shape index (κ1) is 9.82. The van der Waals surface area contributed by atoms with Crippen LogP contribution in [0.5, 0.6) is 0 Å². The van der Waals surface area contributed by atoms with Crippen LogP contribution in [0.15, 0.2) is 42.5 Å². The molecule has 1 fully saturated rings. The maximum absolute atomic E-state index is 5.49. The summed E-state index contributed by atoms with van der Waals surface area (Å²) in [4.78, 5) is 0. The summed E-state index contributed by atoms with van der Waals surface area (Å²) in [5.41, 5.74) is 1.32. The van der Waals surface area contributed by atoms with Crippen LogP contribution in [0.25, 0.3) is 10.8 Å². The van der Waals surface area contributed by atoms with E-state index in [1.54, 1.807) is 0 Å². The van der Waals surface area contributed by atoms with Crippen LogP contribution in [0.3, 0.4) is 0 Å². The van der Waals surface area contributed by atoms with Gasteiger partial charge >= 0.3 is 0 Å². The number of nitrogens with one attached hydrogen (secondary N) is 1. The van der Waals surface area contributed by atoms with E-state index in [0.717, 1.165) is 19.8 Å². The molecule has 0 spiro atoms. The molecule has 1 heterocycles. The van der Waals surface area contributed by atoms with E-state index in [1.165, 1.54) is 16.3 Å². The van der Waals surface area contributed by atoms with E-state index in [4.69, 9.17) is 4.74 Å². The van der Waals surface area contributed by atoms with Gasteiger partial charge < -0.3 is 10.1 Å². The Hall–Kier alpha value is -1.38. The Bertz CT molecular complexity index is 489. The van der Waals surface area contributed by atoms with Crippen LogP contribution in [0.2, 0.25) is 0 Å². The average Bonchev–Trinajstić information content (AvgIpc) is 2.39. The molecule has 0 saturated carbocycles. The minimum atomic E-state index is 0.346. The van der Waals surface area contributed by atoms with E-state index in [2.05, 4.69) is 47.8 Å². The summed E-state index contributed by atoms with van der Waals surface area (Å²) in [5.74, 6) is 0. The van der Waals surface area contributed by atoms with E-state index in [1.807, 2.05) is 0 Å². The van der Waals surface area contributed by atoms with Crippen molar-refractivity contribution in [1.29, 1.82) is 0 Å². The van der Waals surface area contributed by atoms with Crippen molar-refractivity contribution in [3.63, 3.8) is 0 Å². The van der Waals surface area contributed by atoms with Crippen LogP contribution in [0.4, 0.5) is 0 Å². The first-order valence-electron chi connectivity index (χ1n) is 5.73. The summed E-state index contributed by atoms with van der Waals surface area (Å²) in [6.07, 6.45) is 0. The lowest BCUT2D eigenvalue weighted by Gasteiger charge is -2.24. The highest BCUT2D eigenvalue weighted by Crippen LogP contribution is 2.21. The predicted octanol–water partition coefficient (Wildman–Crippen LogP) is 2.50. The molecule has 1 N–H and O–H groups in total. The summed E-state index contributed by atoms with van der Waals surface area (Å²) >= 11 is 0. The van der Waals surface area contributed by atoms with Crippen molar-refractivity contribution < 1.29 is 4.74 Å². The molecule has 0 radical (unpaired) electrons. The lowest BCUT2D eigenvalue weighted by Crippen LogP contribution is -2.34. The van der Waals surface area contributed by atoms with Gasteiger partial charge in [-0.3, -0.25) is 0 Å². The summed E-state index contributed by atoms with van der Waals surface area (Å²) in [6.45, 7) is 2.54. The van der Waals surface area contributed by atoms with Crippen LogP contribution >= 0.6 is 0 Å². The van der Waals surface area contributed by atoms with Crippen molar-refractivity contribution in [3.8, 4) is 0 Å². The summed E-state index contributed by atoms with van der Waals surface area (Å²) in [7, 11) is 0. The Morgan fingerprint density at radius 3 is 2.75 bits per heavy atom. The van der Waals surface area contributed by atoms with Gasteiger partial charge in [-0.2, -0.15) is 0 Å². The van der Waals surface area contributed by atoms with Gasteiger partial charge in [0.2, 0.25) is 0 Å². The zero-order chi connectivity index (χ0) is 10.8. The van der Waals surface area contributed by atoms with E-state index < -0.39 is 0 Å².